The minimum absolute atomic E-state index is 0.182. The van der Waals surface area contributed by atoms with Crippen LogP contribution >= 0.6 is 34.5 Å². The summed E-state index contributed by atoms with van der Waals surface area (Å²) >= 11 is 14.4. The van der Waals surface area contributed by atoms with E-state index in [2.05, 4.69) is 24.0 Å². The van der Waals surface area contributed by atoms with Crippen molar-refractivity contribution in [2.45, 2.75) is 12.8 Å². The fourth-order valence-corrected chi connectivity index (χ4v) is 4.78. The fourth-order valence-electron chi connectivity index (χ4n) is 3.49. The van der Waals surface area contributed by atoms with Gasteiger partial charge in [-0.15, -0.1) is 11.3 Å². The maximum atomic E-state index is 12.5. The molecule has 0 amide bonds. The van der Waals surface area contributed by atoms with Crippen LogP contribution in [0.15, 0.2) is 40.5 Å². The van der Waals surface area contributed by atoms with E-state index in [0.717, 1.165) is 27.5 Å². The first-order valence-corrected chi connectivity index (χ1v) is 10.4. The van der Waals surface area contributed by atoms with Gasteiger partial charge in [0.25, 0.3) is 5.56 Å². The van der Waals surface area contributed by atoms with Crippen LogP contribution in [0.3, 0.4) is 0 Å². The maximum Gasteiger partial charge on any atom is 0.266 e. The van der Waals surface area contributed by atoms with Crippen LogP contribution in [-0.2, 0) is 0 Å². The van der Waals surface area contributed by atoms with Crippen molar-refractivity contribution in [3.05, 3.63) is 61.7 Å². The molecule has 1 atom stereocenters. The van der Waals surface area contributed by atoms with Crippen LogP contribution in [0.4, 0.5) is 0 Å². The second-order valence-electron chi connectivity index (χ2n) is 6.66. The first-order chi connectivity index (χ1) is 13.5. The summed E-state index contributed by atoms with van der Waals surface area (Å²) < 4.78 is 6.29. The van der Waals surface area contributed by atoms with Gasteiger partial charge >= 0.3 is 0 Å². The zero-order valence-corrected chi connectivity index (χ0v) is 17.6. The lowest BCUT2D eigenvalue weighted by Crippen LogP contribution is -2.08. The van der Waals surface area contributed by atoms with Gasteiger partial charge in [0.15, 0.2) is 0 Å². The number of halogens is 2. The molecule has 144 valence electrons. The Bertz CT molecular complexity index is 1250. The molecule has 4 aromatic rings. The quantitative estimate of drug-likeness (QED) is 0.428. The molecule has 0 saturated carbocycles. The Balaban J connectivity index is 2.13. The number of fused-ring (bicyclic) bond motifs is 3. The number of thiophene rings is 1. The van der Waals surface area contributed by atoms with Gasteiger partial charge in [-0.25, -0.2) is 0 Å². The summed E-state index contributed by atoms with van der Waals surface area (Å²) in [5.41, 5.74) is 9.00. The molecule has 28 heavy (non-hydrogen) atoms. The molecule has 0 fully saturated rings. The number of nitrogens with one attached hydrogen (secondary N) is 1. The van der Waals surface area contributed by atoms with Crippen LogP contribution in [0.2, 0.25) is 10.0 Å². The first kappa shape index (κ1) is 19.3. The smallest absolute Gasteiger partial charge is 0.266 e. The van der Waals surface area contributed by atoms with E-state index in [1.54, 1.807) is 7.11 Å². The second kappa shape index (κ2) is 7.41. The Morgan fingerprint density at radius 2 is 1.89 bits per heavy atom. The highest BCUT2D eigenvalue weighted by molar-refractivity contribution is 7.17. The first-order valence-electron chi connectivity index (χ1n) is 8.76. The number of hydrogen-bond acceptors (Lipinski definition) is 4. The Morgan fingerprint density at radius 3 is 2.54 bits per heavy atom. The third kappa shape index (κ3) is 2.90. The predicted octanol–water partition coefficient (Wildman–Crippen LogP) is 5.79. The van der Waals surface area contributed by atoms with Crippen LogP contribution in [0.1, 0.15) is 18.4 Å². The van der Waals surface area contributed by atoms with Crippen LogP contribution in [0.25, 0.3) is 32.1 Å². The van der Waals surface area contributed by atoms with Gasteiger partial charge < -0.3 is 15.5 Å². The van der Waals surface area contributed by atoms with Crippen molar-refractivity contribution < 1.29 is 4.74 Å². The molecule has 0 saturated heterocycles. The highest BCUT2D eigenvalue weighted by Crippen LogP contribution is 2.48. The topological polar surface area (TPSA) is 68.1 Å². The largest absolute Gasteiger partial charge is 0.494 e. The lowest BCUT2D eigenvalue weighted by Gasteiger charge is -2.17. The molecule has 0 spiro atoms. The molecule has 4 nitrogen and oxygen atoms in total. The number of pyridine rings is 1. The van der Waals surface area contributed by atoms with Gasteiger partial charge in [0, 0.05) is 16.3 Å². The molecule has 0 aliphatic heterocycles. The Labute approximate surface area is 175 Å². The highest BCUT2D eigenvalue weighted by atomic mass is 35.5. The molecule has 2 aromatic carbocycles. The lowest BCUT2D eigenvalue weighted by atomic mass is 9.94. The molecule has 3 N–H and O–H groups in total. The minimum Gasteiger partial charge on any atom is -0.494 e. The van der Waals surface area contributed by atoms with E-state index in [9.17, 15) is 4.79 Å². The third-order valence-corrected chi connectivity index (χ3v) is 6.79. The molecule has 7 heteroatoms. The Morgan fingerprint density at radius 1 is 1.18 bits per heavy atom. The lowest BCUT2D eigenvalue weighted by molar-refractivity contribution is 0.417. The van der Waals surface area contributed by atoms with E-state index in [4.69, 9.17) is 33.7 Å². The normalized spacial score (nSPS) is 12.6. The summed E-state index contributed by atoms with van der Waals surface area (Å²) in [6, 6.07) is 10.1. The molecular formula is C21H18Cl2N2O2S. The van der Waals surface area contributed by atoms with Crippen LogP contribution in [0.5, 0.6) is 5.75 Å². The summed E-state index contributed by atoms with van der Waals surface area (Å²) in [4.78, 5) is 15.4. The van der Waals surface area contributed by atoms with Crippen molar-refractivity contribution in [3.63, 3.8) is 0 Å². The molecule has 0 unspecified atom stereocenters. The number of hydrogen-bond donors (Lipinski definition) is 2. The van der Waals surface area contributed by atoms with Crippen LogP contribution in [0, 0.1) is 0 Å². The van der Waals surface area contributed by atoms with E-state index in [-0.39, 0.29) is 21.5 Å². The number of methoxy groups -OCH3 is 1. The summed E-state index contributed by atoms with van der Waals surface area (Å²) in [5, 5.41) is 4.09. The predicted molar refractivity (Wildman–Crippen MR) is 119 cm³/mol. The number of H-pyrrole nitrogens is 1. The Hall–Kier alpha value is -2.05. The van der Waals surface area contributed by atoms with Gasteiger partial charge in [0.05, 0.1) is 17.6 Å². The van der Waals surface area contributed by atoms with Gasteiger partial charge in [-0.05, 0) is 35.0 Å². The average molecular weight is 433 g/mol. The summed E-state index contributed by atoms with van der Waals surface area (Å²) in [6.45, 7) is 2.67. The van der Waals surface area contributed by atoms with Crippen molar-refractivity contribution >= 4 is 55.5 Å². The van der Waals surface area contributed by atoms with Gasteiger partial charge in [-0.1, -0.05) is 54.4 Å². The molecule has 0 bridgehead atoms. The number of benzene rings is 2. The van der Waals surface area contributed by atoms with Gasteiger partial charge in [-0.3, -0.25) is 4.79 Å². The molecule has 0 aliphatic rings. The number of nitrogens with two attached hydrogens (primary N) is 1. The zero-order valence-electron chi connectivity index (χ0n) is 15.3. The zero-order chi connectivity index (χ0) is 20.0. The summed E-state index contributed by atoms with van der Waals surface area (Å²) in [6.07, 6.45) is 0. The second-order valence-corrected chi connectivity index (χ2v) is 8.33. The molecule has 0 aliphatic carbocycles. The van der Waals surface area contributed by atoms with Crippen molar-refractivity contribution in [2.75, 3.05) is 13.7 Å². The molecule has 0 radical (unpaired) electrons. The van der Waals surface area contributed by atoms with Crippen molar-refractivity contribution in [2.24, 2.45) is 5.73 Å². The monoisotopic (exact) mass is 432 g/mol. The Kier molecular flexibility index (Phi) is 5.10. The van der Waals surface area contributed by atoms with E-state index in [1.807, 2.05) is 23.6 Å². The number of aromatic amines is 1. The SMILES string of the molecule is COc1c(Cl)c(Cl)c2[nH]c(=O)c3sccc3c2c1-c1ccc([C@H](C)CN)cc1. The molecule has 2 aromatic heterocycles. The standard InChI is InChI=1S/C21H18Cl2N2O2S/c1-10(9-24)11-3-5-12(6-4-11)14-15-13-7-8-28-20(13)21(26)25-18(15)16(22)17(23)19(14)27-2/h3-8,10H,9,24H2,1-2H3,(H,25,26)/t10-/m1/s1. The van der Waals surface area contributed by atoms with Gasteiger partial charge in [0.1, 0.15) is 15.5 Å². The molecule has 2 heterocycles. The average Bonchev–Trinajstić information content (AvgIpc) is 3.21. The van der Waals surface area contributed by atoms with Crippen LogP contribution in [-0.4, -0.2) is 18.6 Å². The highest BCUT2D eigenvalue weighted by Gasteiger charge is 2.23. The van der Waals surface area contributed by atoms with E-state index >= 15 is 0 Å². The van der Waals surface area contributed by atoms with Crippen molar-refractivity contribution in [1.82, 2.24) is 4.98 Å². The number of rotatable bonds is 4. The molecule has 4 rings (SSSR count). The summed E-state index contributed by atoms with van der Waals surface area (Å²) in [5.74, 6) is 0.750. The van der Waals surface area contributed by atoms with E-state index in [0.29, 0.717) is 22.5 Å². The van der Waals surface area contributed by atoms with Crippen LogP contribution < -0.4 is 16.0 Å². The fraction of sp³-hybridized carbons (Fsp3) is 0.190. The van der Waals surface area contributed by atoms with Crippen molar-refractivity contribution in [1.29, 1.82) is 0 Å². The number of ether oxygens (including phenoxy) is 1. The third-order valence-electron chi connectivity index (χ3n) is 5.04. The van der Waals surface area contributed by atoms with Crippen molar-refractivity contribution in [3.8, 4) is 16.9 Å². The molecular weight excluding hydrogens is 415 g/mol. The van der Waals surface area contributed by atoms with Gasteiger partial charge in [-0.2, -0.15) is 0 Å². The summed E-state index contributed by atoms with van der Waals surface area (Å²) in [7, 11) is 1.56. The van der Waals surface area contributed by atoms with E-state index < -0.39 is 0 Å². The van der Waals surface area contributed by atoms with Gasteiger partial charge in [0.2, 0.25) is 0 Å². The van der Waals surface area contributed by atoms with E-state index in [1.165, 1.54) is 11.3 Å². The maximum absolute atomic E-state index is 12.5. The minimum atomic E-state index is -0.182. The number of aromatic nitrogens is 1.